The fourth-order valence-corrected chi connectivity index (χ4v) is 2.38. The molecule has 0 aliphatic rings. The highest BCUT2D eigenvalue weighted by Crippen LogP contribution is 2.27. The third-order valence-electron chi connectivity index (χ3n) is 3.80. The first-order valence-electron chi connectivity index (χ1n) is 8.12. The predicted octanol–water partition coefficient (Wildman–Crippen LogP) is 3.82. The summed E-state index contributed by atoms with van der Waals surface area (Å²) in [7, 11) is 1.63. The molecule has 2 rings (SSSR count). The molecule has 0 fully saturated rings. The fourth-order valence-electron chi connectivity index (χ4n) is 2.38. The lowest BCUT2D eigenvalue weighted by atomic mass is 10.0. The molecular formula is C20H25NO3. The summed E-state index contributed by atoms with van der Waals surface area (Å²) >= 11 is 0. The van der Waals surface area contributed by atoms with Gasteiger partial charge >= 0.3 is 0 Å². The van der Waals surface area contributed by atoms with E-state index < -0.39 is 0 Å². The van der Waals surface area contributed by atoms with Crippen LogP contribution < -0.4 is 14.8 Å². The van der Waals surface area contributed by atoms with Crippen molar-refractivity contribution in [2.45, 2.75) is 33.2 Å². The average molecular weight is 327 g/mol. The summed E-state index contributed by atoms with van der Waals surface area (Å²) in [6, 6.07) is 13.7. The van der Waals surface area contributed by atoms with Gasteiger partial charge in [-0.25, -0.2) is 0 Å². The van der Waals surface area contributed by atoms with E-state index in [2.05, 4.69) is 31.3 Å². The van der Waals surface area contributed by atoms with E-state index in [1.807, 2.05) is 37.3 Å². The Morgan fingerprint density at radius 1 is 1.12 bits per heavy atom. The second-order valence-corrected chi connectivity index (χ2v) is 6.11. The van der Waals surface area contributed by atoms with Crippen molar-refractivity contribution < 1.29 is 14.3 Å². The minimum atomic E-state index is -0.137. The van der Waals surface area contributed by atoms with Gasteiger partial charge < -0.3 is 14.8 Å². The topological polar surface area (TPSA) is 47.6 Å². The molecule has 0 spiro atoms. The van der Waals surface area contributed by atoms with Gasteiger partial charge in [0, 0.05) is 6.54 Å². The van der Waals surface area contributed by atoms with Crippen LogP contribution in [-0.2, 0) is 11.3 Å². The van der Waals surface area contributed by atoms with E-state index in [1.54, 1.807) is 7.11 Å². The molecule has 4 heteroatoms. The van der Waals surface area contributed by atoms with E-state index in [-0.39, 0.29) is 12.5 Å². The second-order valence-electron chi connectivity index (χ2n) is 6.11. The van der Waals surface area contributed by atoms with Gasteiger partial charge in [-0.1, -0.05) is 38.1 Å². The highest BCUT2D eigenvalue weighted by atomic mass is 16.5. The normalized spacial score (nSPS) is 10.5. The highest BCUT2D eigenvalue weighted by molar-refractivity contribution is 5.77. The summed E-state index contributed by atoms with van der Waals surface area (Å²) < 4.78 is 10.8. The van der Waals surface area contributed by atoms with Crippen LogP contribution in [0, 0.1) is 6.92 Å². The number of amides is 1. The van der Waals surface area contributed by atoms with Crippen molar-refractivity contribution in [3.05, 3.63) is 59.2 Å². The Morgan fingerprint density at radius 2 is 1.83 bits per heavy atom. The Labute approximate surface area is 143 Å². The van der Waals surface area contributed by atoms with Crippen molar-refractivity contribution in [2.24, 2.45) is 0 Å². The van der Waals surface area contributed by atoms with E-state index in [9.17, 15) is 4.79 Å². The summed E-state index contributed by atoms with van der Waals surface area (Å²) in [5.41, 5.74) is 3.25. The van der Waals surface area contributed by atoms with Gasteiger partial charge in [0.1, 0.15) is 11.5 Å². The largest absolute Gasteiger partial charge is 0.497 e. The molecule has 0 heterocycles. The number of nitrogens with one attached hydrogen (secondary N) is 1. The first kappa shape index (κ1) is 17.9. The Kier molecular flexibility index (Phi) is 6.24. The summed E-state index contributed by atoms with van der Waals surface area (Å²) in [5, 5.41) is 2.87. The van der Waals surface area contributed by atoms with Crippen molar-refractivity contribution in [3.8, 4) is 11.5 Å². The lowest BCUT2D eigenvalue weighted by Crippen LogP contribution is -2.28. The number of benzene rings is 2. The van der Waals surface area contributed by atoms with E-state index in [0.29, 0.717) is 12.5 Å². The zero-order valence-electron chi connectivity index (χ0n) is 14.8. The summed E-state index contributed by atoms with van der Waals surface area (Å²) in [6.07, 6.45) is 0. The minimum Gasteiger partial charge on any atom is -0.497 e. The molecular weight excluding hydrogens is 302 g/mol. The van der Waals surface area contributed by atoms with Crippen LogP contribution in [0.1, 0.15) is 36.5 Å². The quantitative estimate of drug-likeness (QED) is 0.841. The van der Waals surface area contributed by atoms with Gasteiger partial charge in [0.15, 0.2) is 6.61 Å². The number of methoxy groups -OCH3 is 1. The predicted molar refractivity (Wildman–Crippen MR) is 95.6 cm³/mol. The summed E-state index contributed by atoms with van der Waals surface area (Å²) in [4.78, 5) is 12.0. The number of hydrogen-bond donors (Lipinski definition) is 1. The molecule has 128 valence electrons. The van der Waals surface area contributed by atoms with Crippen LogP contribution in [0.2, 0.25) is 0 Å². The molecule has 1 N–H and O–H groups in total. The number of rotatable bonds is 7. The Hall–Kier alpha value is -2.49. The van der Waals surface area contributed by atoms with Crippen molar-refractivity contribution in [2.75, 3.05) is 13.7 Å². The first-order valence-corrected chi connectivity index (χ1v) is 8.12. The van der Waals surface area contributed by atoms with Crippen molar-refractivity contribution >= 4 is 5.91 Å². The molecule has 1 amide bonds. The standard InChI is InChI=1S/C20H25NO3/c1-14(2)18-10-5-15(3)11-19(18)24-13-20(22)21-12-16-6-8-17(23-4)9-7-16/h5-11,14H,12-13H2,1-4H3,(H,21,22). The van der Waals surface area contributed by atoms with Crippen LogP contribution in [0.3, 0.4) is 0 Å². The van der Waals surface area contributed by atoms with Gasteiger partial charge in [0.25, 0.3) is 5.91 Å². The maximum absolute atomic E-state index is 12.0. The molecule has 2 aromatic carbocycles. The highest BCUT2D eigenvalue weighted by Gasteiger charge is 2.10. The van der Waals surface area contributed by atoms with E-state index >= 15 is 0 Å². The Morgan fingerprint density at radius 3 is 2.46 bits per heavy atom. The molecule has 0 bridgehead atoms. The number of ether oxygens (including phenoxy) is 2. The monoisotopic (exact) mass is 327 g/mol. The molecule has 0 radical (unpaired) electrons. The molecule has 0 saturated heterocycles. The zero-order valence-corrected chi connectivity index (χ0v) is 14.8. The van der Waals surface area contributed by atoms with Crippen molar-refractivity contribution in [1.29, 1.82) is 0 Å². The molecule has 24 heavy (non-hydrogen) atoms. The lowest BCUT2D eigenvalue weighted by molar-refractivity contribution is -0.123. The van der Waals surface area contributed by atoms with Crippen LogP contribution in [0.5, 0.6) is 11.5 Å². The Bertz CT molecular complexity index is 678. The first-order chi connectivity index (χ1) is 11.5. The fraction of sp³-hybridized carbons (Fsp3) is 0.350. The maximum Gasteiger partial charge on any atom is 0.258 e. The number of aryl methyl sites for hydroxylation is 1. The smallest absolute Gasteiger partial charge is 0.258 e. The van der Waals surface area contributed by atoms with E-state index in [1.165, 1.54) is 0 Å². The molecule has 0 atom stereocenters. The molecule has 2 aromatic rings. The SMILES string of the molecule is COc1ccc(CNC(=O)COc2cc(C)ccc2C(C)C)cc1. The molecule has 0 saturated carbocycles. The average Bonchev–Trinajstić information content (AvgIpc) is 2.58. The van der Waals surface area contributed by atoms with Gasteiger partial charge in [-0.05, 0) is 47.7 Å². The maximum atomic E-state index is 12.0. The summed E-state index contributed by atoms with van der Waals surface area (Å²) in [6.45, 7) is 6.72. The third-order valence-corrected chi connectivity index (χ3v) is 3.80. The van der Waals surface area contributed by atoms with Crippen molar-refractivity contribution in [1.82, 2.24) is 5.32 Å². The van der Waals surface area contributed by atoms with Gasteiger partial charge in [0.05, 0.1) is 7.11 Å². The molecule has 0 unspecified atom stereocenters. The van der Waals surface area contributed by atoms with Crippen LogP contribution >= 0.6 is 0 Å². The molecule has 4 nitrogen and oxygen atoms in total. The number of carbonyl (C=O) groups is 1. The minimum absolute atomic E-state index is 0.0132. The van der Waals surface area contributed by atoms with Crippen LogP contribution in [0.25, 0.3) is 0 Å². The lowest BCUT2D eigenvalue weighted by Gasteiger charge is -2.15. The number of hydrogen-bond acceptors (Lipinski definition) is 3. The van der Waals surface area contributed by atoms with Gasteiger partial charge in [-0.3, -0.25) is 4.79 Å². The summed E-state index contributed by atoms with van der Waals surface area (Å²) in [5.74, 6) is 1.80. The molecule has 0 aliphatic heterocycles. The zero-order chi connectivity index (χ0) is 17.5. The molecule has 0 aromatic heterocycles. The van der Waals surface area contributed by atoms with Gasteiger partial charge in [-0.2, -0.15) is 0 Å². The van der Waals surface area contributed by atoms with Crippen LogP contribution in [0.4, 0.5) is 0 Å². The van der Waals surface area contributed by atoms with Crippen LogP contribution in [0.15, 0.2) is 42.5 Å². The number of carbonyl (C=O) groups excluding carboxylic acids is 1. The van der Waals surface area contributed by atoms with Crippen LogP contribution in [-0.4, -0.2) is 19.6 Å². The van der Waals surface area contributed by atoms with Crippen molar-refractivity contribution in [3.63, 3.8) is 0 Å². The Balaban J connectivity index is 1.88. The van der Waals surface area contributed by atoms with E-state index in [0.717, 1.165) is 28.2 Å². The van der Waals surface area contributed by atoms with Gasteiger partial charge in [-0.15, -0.1) is 0 Å². The van der Waals surface area contributed by atoms with Gasteiger partial charge in [0.2, 0.25) is 0 Å². The second kappa shape index (κ2) is 8.39. The third kappa shape index (κ3) is 5.01. The van der Waals surface area contributed by atoms with E-state index in [4.69, 9.17) is 9.47 Å². The molecule has 0 aliphatic carbocycles.